The van der Waals surface area contributed by atoms with Gasteiger partial charge in [0, 0.05) is 25.4 Å². The molecular weight excluding hydrogens is 457 g/mol. The molecule has 0 spiro atoms. The Morgan fingerprint density at radius 3 is 2.67 bits per heavy atom. The van der Waals surface area contributed by atoms with E-state index >= 15 is 0 Å². The van der Waals surface area contributed by atoms with Crippen LogP contribution in [0.3, 0.4) is 0 Å². The second-order valence-electron chi connectivity index (χ2n) is 5.24. The van der Waals surface area contributed by atoms with Gasteiger partial charge in [0.15, 0.2) is 5.96 Å². The van der Waals surface area contributed by atoms with Crippen LogP contribution in [-0.4, -0.2) is 30.6 Å². The van der Waals surface area contributed by atoms with Crippen LogP contribution in [0.25, 0.3) is 0 Å². The molecule has 1 aromatic rings. The van der Waals surface area contributed by atoms with Gasteiger partial charge in [-0.1, -0.05) is 6.07 Å². The van der Waals surface area contributed by atoms with Crippen molar-refractivity contribution in [3.8, 4) is 0 Å². The van der Waals surface area contributed by atoms with Gasteiger partial charge in [-0.15, -0.1) is 24.0 Å². The van der Waals surface area contributed by atoms with Gasteiger partial charge in [-0.05, 0) is 36.3 Å². The smallest absolute Gasteiger partial charge is 0.355 e. The van der Waals surface area contributed by atoms with Gasteiger partial charge in [-0.25, -0.2) is 4.39 Å². The van der Waals surface area contributed by atoms with Crippen LogP contribution in [0.4, 0.5) is 17.6 Å². The van der Waals surface area contributed by atoms with E-state index in [1.54, 1.807) is 7.05 Å². The first-order chi connectivity index (χ1) is 10.9. The number of rotatable bonds is 4. The van der Waals surface area contributed by atoms with Crippen LogP contribution in [-0.2, 0) is 12.7 Å². The molecular formula is C15H20F4IN3S. The number of aliphatic imine (C=N–C) groups is 1. The number of halogens is 5. The monoisotopic (exact) mass is 477 g/mol. The zero-order valence-electron chi connectivity index (χ0n) is 13.1. The summed E-state index contributed by atoms with van der Waals surface area (Å²) in [5, 5.41) is 6.47. The molecule has 0 amide bonds. The summed E-state index contributed by atoms with van der Waals surface area (Å²) in [5.74, 6) is 0.680. The third kappa shape index (κ3) is 6.30. The minimum atomic E-state index is -4.59. The molecule has 1 aromatic carbocycles. The van der Waals surface area contributed by atoms with E-state index < -0.39 is 17.6 Å². The van der Waals surface area contributed by atoms with E-state index in [1.807, 2.05) is 11.8 Å². The Hall–Kier alpha value is -0.710. The van der Waals surface area contributed by atoms with Crippen LogP contribution in [0.5, 0.6) is 0 Å². The second kappa shape index (κ2) is 9.69. The van der Waals surface area contributed by atoms with Crippen molar-refractivity contribution in [2.45, 2.75) is 30.8 Å². The molecule has 1 fully saturated rings. The summed E-state index contributed by atoms with van der Waals surface area (Å²) in [6.07, 6.45) is -2.27. The zero-order valence-corrected chi connectivity index (χ0v) is 16.3. The maximum Gasteiger partial charge on any atom is 0.416 e. The van der Waals surface area contributed by atoms with E-state index in [-0.39, 0.29) is 36.1 Å². The van der Waals surface area contributed by atoms with Gasteiger partial charge >= 0.3 is 6.18 Å². The third-order valence-electron chi connectivity index (χ3n) is 3.57. The van der Waals surface area contributed by atoms with Gasteiger partial charge in [-0.3, -0.25) is 4.99 Å². The van der Waals surface area contributed by atoms with Crippen LogP contribution in [0.15, 0.2) is 23.2 Å². The van der Waals surface area contributed by atoms with Crippen molar-refractivity contribution in [1.29, 1.82) is 0 Å². The quantitative estimate of drug-likeness (QED) is 0.298. The largest absolute Gasteiger partial charge is 0.416 e. The lowest BCUT2D eigenvalue weighted by molar-refractivity contribution is -0.138. The molecule has 2 rings (SSSR count). The Labute approximate surface area is 160 Å². The van der Waals surface area contributed by atoms with E-state index in [9.17, 15) is 17.6 Å². The third-order valence-corrected chi connectivity index (χ3v) is 4.97. The SMILES string of the molecule is CN=C(NCc1ccc(F)cc1C(F)(F)F)NCC1CCCS1.I. The van der Waals surface area contributed by atoms with Crippen molar-refractivity contribution in [3.05, 3.63) is 35.1 Å². The Morgan fingerprint density at radius 1 is 1.33 bits per heavy atom. The van der Waals surface area contributed by atoms with Gasteiger partial charge in [0.1, 0.15) is 5.82 Å². The summed E-state index contributed by atoms with van der Waals surface area (Å²) in [5.41, 5.74) is -0.983. The number of hydrogen-bond acceptors (Lipinski definition) is 2. The van der Waals surface area contributed by atoms with Gasteiger partial charge in [0.05, 0.1) is 5.56 Å². The van der Waals surface area contributed by atoms with E-state index in [1.165, 1.54) is 6.42 Å². The highest BCUT2D eigenvalue weighted by molar-refractivity contribution is 14.0. The summed E-state index contributed by atoms with van der Waals surface area (Å²) in [6.45, 7) is 0.645. The number of thioether (sulfide) groups is 1. The number of nitrogens with zero attached hydrogens (tertiary/aromatic N) is 1. The number of hydrogen-bond donors (Lipinski definition) is 2. The van der Waals surface area contributed by atoms with Gasteiger partial charge in [0.25, 0.3) is 0 Å². The lowest BCUT2D eigenvalue weighted by Crippen LogP contribution is -2.40. The number of guanidine groups is 1. The highest BCUT2D eigenvalue weighted by Crippen LogP contribution is 2.32. The fraction of sp³-hybridized carbons (Fsp3) is 0.533. The minimum Gasteiger partial charge on any atom is -0.355 e. The normalized spacial score (nSPS) is 18.2. The maximum absolute atomic E-state index is 13.1. The maximum atomic E-state index is 13.1. The summed E-state index contributed by atoms with van der Waals surface area (Å²) >= 11 is 1.88. The molecule has 1 saturated heterocycles. The topological polar surface area (TPSA) is 36.4 Å². The van der Waals surface area contributed by atoms with Gasteiger partial charge in [0.2, 0.25) is 0 Å². The van der Waals surface area contributed by atoms with E-state index in [4.69, 9.17) is 0 Å². The molecule has 0 radical (unpaired) electrons. The molecule has 1 atom stereocenters. The van der Waals surface area contributed by atoms with Crippen molar-refractivity contribution in [3.63, 3.8) is 0 Å². The molecule has 24 heavy (non-hydrogen) atoms. The lowest BCUT2D eigenvalue weighted by atomic mass is 10.1. The minimum absolute atomic E-state index is 0. The molecule has 3 nitrogen and oxygen atoms in total. The average Bonchev–Trinajstić information content (AvgIpc) is 3.01. The van der Waals surface area contributed by atoms with Gasteiger partial charge in [-0.2, -0.15) is 24.9 Å². The summed E-state index contributed by atoms with van der Waals surface area (Å²) in [7, 11) is 1.56. The molecule has 0 aliphatic carbocycles. The molecule has 9 heteroatoms. The molecule has 1 aliphatic rings. The Bertz CT molecular complexity index is 560. The van der Waals surface area contributed by atoms with Crippen molar-refractivity contribution >= 4 is 41.7 Å². The fourth-order valence-corrected chi connectivity index (χ4v) is 3.58. The first-order valence-corrected chi connectivity index (χ1v) is 8.37. The van der Waals surface area contributed by atoms with Crippen molar-refractivity contribution < 1.29 is 17.6 Å². The zero-order chi connectivity index (χ0) is 16.9. The Kier molecular flexibility index (Phi) is 8.61. The predicted molar refractivity (Wildman–Crippen MR) is 100 cm³/mol. The highest BCUT2D eigenvalue weighted by Gasteiger charge is 2.33. The standard InChI is InChI=1S/C15H19F4N3S.HI/c1-20-14(22-9-12-3-2-6-23-12)21-8-10-4-5-11(16)7-13(10)15(17,18)19;/h4-5,7,12H,2-3,6,8-9H2,1H3,(H2,20,21,22);1H. The first kappa shape index (κ1) is 21.3. The average molecular weight is 477 g/mol. The second-order valence-corrected chi connectivity index (χ2v) is 6.65. The predicted octanol–water partition coefficient (Wildman–Crippen LogP) is 4.02. The molecule has 136 valence electrons. The number of alkyl halides is 3. The summed E-state index contributed by atoms with van der Waals surface area (Å²) in [4.78, 5) is 4.00. The van der Waals surface area contributed by atoms with Crippen LogP contribution in [0.1, 0.15) is 24.0 Å². The van der Waals surface area contributed by atoms with Crippen molar-refractivity contribution in [1.82, 2.24) is 10.6 Å². The van der Waals surface area contributed by atoms with Crippen LogP contribution in [0, 0.1) is 5.82 Å². The van der Waals surface area contributed by atoms with Gasteiger partial charge < -0.3 is 10.6 Å². The fourth-order valence-electron chi connectivity index (χ4n) is 2.38. The number of benzene rings is 1. The Morgan fingerprint density at radius 2 is 2.08 bits per heavy atom. The first-order valence-electron chi connectivity index (χ1n) is 7.32. The molecule has 1 heterocycles. The number of nitrogens with one attached hydrogen (secondary N) is 2. The summed E-state index contributed by atoms with van der Waals surface area (Å²) in [6, 6.07) is 2.69. The van der Waals surface area contributed by atoms with Crippen molar-refractivity contribution in [2.75, 3.05) is 19.3 Å². The molecule has 0 saturated carbocycles. The van der Waals surface area contributed by atoms with E-state index in [0.29, 0.717) is 17.3 Å². The van der Waals surface area contributed by atoms with Crippen molar-refractivity contribution in [2.24, 2.45) is 4.99 Å². The molecule has 2 N–H and O–H groups in total. The molecule has 0 aromatic heterocycles. The van der Waals surface area contributed by atoms with Crippen LogP contribution in [0.2, 0.25) is 0 Å². The lowest BCUT2D eigenvalue weighted by Gasteiger charge is -2.17. The van der Waals surface area contributed by atoms with E-state index in [2.05, 4.69) is 15.6 Å². The van der Waals surface area contributed by atoms with Crippen LogP contribution >= 0.6 is 35.7 Å². The summed E-state index contributed by atoms with van der Waals surface area (Å²) < 4.78 is 51.9. The molecule has 1 aliphatic heterocycles. The van der Waals surface area contributed by atoms with E-state index in [0.717, 1.165) is 30.9 Å². The Balaban J connectivity index is 0.00000288. The highest BCUT2D eigenvalue weighted by atomic mass is 127. The molecule has 0 bridgehead atoms. The molecule has 1 unspecified atom stereocenters. The van der Waals surface area contributed by atoms with Crippen LogP contribution < -0.4 is 10.6 Å².